The number of nitrogens with zero attached hydrogens (tertiary/aromatic N) is 2. The van der Waals surface area contributed by atoms with Gasteiger partial charge in [-0.3, -0.25) is 0 Å². The summed E-state index contributed by atoms with van der Waals surface area (Å²) >= 11 is 0. The van der Waals surface area contributed by atoms with E-state index < -0.39 is 0 Å². The number of pyridine rings is 1. The first-order chi connectivity index (χ1) is 25.2. The Morgan fingerprint density at radius 1 is 0.529 bits per heavy atom. The maximum atomic E-state index is 5.22. The Bertz CT molecular complexity index is 2830. The largest absolute Gasteiger partial charge is 0.308 e. The van der Waals surface area contributed by atoms with Crippen LogP contribution < -0.4 is 0 Å². The van der Waals surface area contributed by atoms with Crippen LogP contribution in [0.15, 0.2) is 164 Å². The van der Waals surface area contributed by atoms with Crippen LogP contribution in [0, 0.1) is 6.92 Å². The first-order valence-corrected chi connectivity index (χ1v) is 18.0. The molecule has 2 aromatic heterocycles. The molecule has 0 bridgehead atoms. The molecule has 2 nitrogen and oxygen atoms in total. The van der Waals surface area contributed by atoms with Crippen molar-refractivity contribution >= 4 is 32.4 Å². The second kappa shape index (κ2) is 10.9. The molecule has 2 heteroatoms. The summed E-state index contributed by atoms with van der Waals surface area (Å²) in [6.45, 7) is 2.21. The van der Waals surface area contributed by atoms with Gasteiger partial charge >= 0.3 is 0 Å². The summed E-state index contributed by atoms with van der Waals surface area (Å²) in [5.74, 6) is 1.16. The van der Waals surface area contributed by atoms with Crippen LogP contribution in [0.2, 0.25) is 0 Å². The highest BCUT2D eigenvalue weighted by Crippen LogP contribution is 2.65. The van der Waals surface area contributed by atoms with Crippen molar-refractivity contribution in [1.82, 2.24) is 9.55 Å². The van der Waals surface area contributed by atoms with Gasteiger partial charge < -0.3 is 4.57 Å². The summed E-state index contributed by atoms with van der Waals surface area (Å²) in [5.41, 5.74) is 16.1. The van der Waals surface area contributed by atoms with Gasteiger partial charge in [-0.15, -0.1) is 0 Å². The molecular weight excluding hydrogens is 617 g/mol. The summed E-state index contributed by atoms with van der Waals surface area (Å²) in [6.07, 6.45) is 1.22. The maximum Gasteiger partial charge on any atom is 0.0744 e. The fraction of sp³-hybridized carbons (Fsp3) is 0.0816. The molecule has 0 radical (unpaired) electrons. The Kier molecular flexibility index (Phi) is 6.09. The van der Waals surface area contributed by atoms with Crippen LogP contribution in [-0.2, 0) is 0 Å². The van der Waals surface area contributed by atoms with Crippen LogP contribution >= 0.6 is 0 Å². The molecule has 2 unspecified atom stereocenters. The lowest BCUT2D eigenvalue weighted by molar-refractivity contribution is 0.989. The molecule has 51 heavy (non-hydrogen) atoms. The van der Waals surface area contributed by atoms with Crippen LogP contribution in [0.25, 0.3) is 83.0 Å². The van der Waals surface area contributed by atoms with Gasteiger partial charge in [-0.2, -0.15) is 0 Å². The third kappa shape index (κ3) is 4.20. The van der Waals surface area contributed by atoms with Crippen molar-refractivity contribution in [2.24, 2.45) is 0 Å². The first-order valence-electron chi connectivity index (χ1n) is 18.0. The molecule has 9 aromatic rings. The lowest BCUT2D eigenvalue weighted by Gasteiger charge is -2.20. The molecule has 7 aromatic carbocycles. The highest BCUT2D eigenvalue weighted by molar-refractivity contribution is 6.27. The van der Waals surface area contributed by atoms with Gasteiger partial charge in [0.05, 0.1) is 22.6 Å². The number of rotatable bonds is 4. The number of fused-ring (bicyclic) bond motifs is 13. The van der Waals surface area contributed by atoms with Gasteiger partial charge in [0.25, 0.3) is 0 Å². The van der Waals surface area contributed by atoms with Crippen LogP contribution in [0.5, 0.6) is 0 Å². The Morgan fingerprint density at radius 2 is 1.14 bits per heavy atom. The van der Waals surface area contributed by atoms with Crippen molar-refractivity contribution in [1.29, 1.82) is 0 Å². The van der Waals surface area contributed by atoms with E-state index in [9.17, 15) is 0 Å². The average Bonchev–Trinajstić information content (AvgIpc) is 3.93. The lowest BCUT2D eigenvalue weighted by atomic mass is 9.87. The van der Waals surface area contributed by atoms with Crippen molar-refractivity contribution in [3.05, 3.63) is 180 Å². The third-order valence-electron chi connectivity index (χ3n) is 11.5. The number of hydrogen-bond acceptors (Lipinski definition) is 1. The Labute approximate surface area is 297 Å². The van der Waals surface area contributed by atoms with Crippen molar-refractivity contribution in [2.45, 2.75) is 25.2 Å². The summed E-state index contributed by atoms with van der Waals surface area (Å²) in [7, 11) is 0. The highest BCUT2D eigenvalue weighted by Gasteiger charge is 2.48. The van der Waals surface area contributed by atoms with Crippen LogP contribution in [-0.4, -0.2) is 9.55 Å². The van der Waals surface area contributed by atoms with E-state index in [0.29, 0.717) is 11.8 Å². The molecule has 0 aliphatic heterocycles. The summed E-state index contributed by atoms with van der Waals surface area (Å²) in [4.78, 5) is 5.22. The van der Waals surface area contributed by atoms with Crippen LogP contribution in [0.4, 0.5) is 0 Å². The van der Waals surface area contributed by atoms with E-state index in [-0.39, 0.29) is 0 Å². The fourth-order valence-corrected chi connectivity index (χ4v) is 9.09. The molecule has 0 spiro atoms. The van der Waals surface area contributed by atoms with E-state index in [0.717, 1.165) is 22.5 Å². The molecular formula is C49H34N2. The second-order valence-corrected chi connectivity index (χ2v) is 14.3. The average molecular weight is 651 g/mol. The molecule has 11 rings (SSSR count). The zero-order chi connectivity index (χ0) is 33.6. The highest BCUT2D eigenvalue weighted by atomic mass is 15.0. The van der Waals surface area contributed by atoms with Crippen LogP contribution in [0.3, 0.4) is 0 Å². The van der Waals surface area contributed by atoms with Crippen molar-refractivity contribution in [3.63, 3.8) is 0 Å². The quantitative estimate of drug-likeness (QED) is 0.173. The normalized spacial score (nSPS) is 15.9. The number of aromatic nitrogens is 2. The van der Waals surface area contributed by atoms with E-state index >= 15 is 0 Å². The van der Waals surface area contributed by atoms with E-state index in [1.54, 1.807) is 0 Å². The zero-order valence-corrected chi connectivity index (χ0v) is 28.3. The zero-order valence-electron chi connectivity index (χ0n) is 28.3. The van der Waals surface area contributed by atoms with Gasteiger partial charge in [-0.1, -0.05) is 146 Å². The summed E-state index contributed by atoms with van der Waals surface area (Å²) in [5, 5.41) is 6.74. The lowest BCUT2D eigenvalue weighted by Crippen LogP contribution is -2.04. The Hall–Kier alpha value is -6.25. The van der Waals surface area contributed by atoms with E-state index in [1.807, 2.05) is 0 Å². The molecule has 0 saturated heterocycles. The van der Waals surface area contributed by atoms with Crippen molar-refractivity contribution in [3.8, 4) is 50.6 Å². The molecule has 2 aliphatic rings. The van der Waals surface area contributed by atoms with Gasteiger partial charge in [0, 0.05) is 33.2 Å². The fourth-order valence-electron chi connectivity index (χ4n) is 9.09. The summed E-state index contributed by atoms with van der Waals surface area (Å²) in [6, 6.07) is 59.9. The van der Waals surface area contributed by atoms with E-state index in [2.05, 4.69) is 175 Å². The van der Waals surface area contributed by atoms with Gasteiger partial charge in [-0.05, 0) is 87.4 Å². The topological polar surface area (TPSA) is 17.8 Å². The minimum atomic E-state index is 0.551. The predicted octanol–water partition coefficient (Wildman–Crippen LogP) is 12.9. The van der Waals surface area contributed by atoms with Gasteiger partial charge in [0.2, 0.25) is 0 Å². The summed E-state index contributed by atoms with van der Waals surface area (Å²) < 4.78 is 2.60. The molecule has 2 atom stereocenters. The Balaban J connectivity index is 1.18. The predicted molar refractivity (Wildman–Crippen MR) is 213 cm³/mol. The number of benzene rings is 7. The second-order valence-electron chi connectivity index (χ2n) is 14.3. The smallest absolute Gasteiger partial charge is 0.0744 e. The van der Waals surface area contributed by atoms with Gasteiger partial charge in [0.1, 0.15) is 0 Å². The molecule has 0 N–H and O–H groups in total. The standard InChI is InChI=1S/C49H34N2/c1-30-41(29-44(32-14-4-2-5-15-32)50-47(30)33-16-6-3-7-17-33)31-24-26-34(27-25-31)51-48-39-22-12-9-19-36(39)35-18-8-11-21-38(35)45(48)46-43-28-42(43)37-20-10-13-23-40(37)49(46)51/h2-27,29,42-43H,28H2,1H3. The Morgan fingerprint density at radius 3 is 1.88 bits per heavy atom. The first kappa shape index (κ1) is 28.6. The third-order valence-corrected chi connectivity index (χ3v) is 11.5. The van der Waals surface area contributed by atoms with Gasteiger partial charge in [0.15, 0.2) is 0 Å². The molecule has 1 fully saturated rings. The van der Waals surface area contributed by atoms with Crippen molar-refractivity contribution < 1.29 is 0 Å². The minimum absolute atomic E-state index is 0.551. The van der Waals surface area contributed by atoms with E-state index in [4.69, 9.17) is 4.98 Å². The SMILES string of the molecule is Cc1c(-c2ccc(-n3c4c(c5c6ccccc6c6ccccc6c53)C3CC3c3ccccc3-4)cc2)cc(-c2ccccc2)nc1-c1ccccc1. The van der Waals surface area contributed by atoms with E-state index in [1.165, 1.54) is 83.6 Å². The molecule has 2 heterocycles. The minimum Gasteiger partial charge on any atom is -0.308 e. The van der Waals surface area contributed by atoms with Crippen molar-refractivity contribution in [2.75, 3.05) is 0 Å². The molecule has 240 valence electrons. The van der Waals surface area contributed by atoms with Gasteiger partial charge in [-0.25, -0.2) is 4.98 Å². The molecule has 0 amide bonds. The monoisotopic (exact) mass is 650 g/mol. The molecule has 2 aliphatic carbocycles. The number of hydrogen-bond donors (Lipinski definition) is 0. The maximum absolute atomic E-state index is 5.22. The van der Waals surface area contributed by atoms with Crippen LogP contribution in [0.1, 0.15) is 34.9 Å². The molecule has 1 saturated carbocycles.